The van der Waals surface area contributed by atoms with Crippen molar-refractivity contribution in [2.45, 2.75) is 19.1 Å². The maximum absolute atomic E-state index is 14.6. The molecule has 1 aliphatic rings. The highest BCUT2D eigenvalue weighted by Gasteiger charge is 2.29. The van der Waals surface area contributed by atoms with Gasteiger partial charge in [-0.2, -0.15) is 0 Å². The summed E-state index contributed by atoms with van der Waals surface area (Å²) in [6, 6.07) is 6.36. The largest absolute Gasteiger partial charge is 0.376 e. The van der Waals surface area contributed by atoms with E-state index in [1.54, 1.807) is 6.07 Å². The number of ether oxygens (including phenoxy) is 1. The molecule has 172 valence electrons. The fourth-order valence-corrected chi connectivity index (χ4v) is 3.86. The maximum Gasteiger partial charge on any atom is 0.254 e. The standard InChI is InChI=1S/C22H23ClF3N3O3/c1-13-12-29(7-8-32-13)19(21-16(23)3-2-4-17(21)25)10-27-20(30)11-28-22(31)15-6-5-14(24)9-18(15)26/h2-6,9,13,19H,7-8,10-12H2,1H3,(H,27,30)(H,28,31). The number of carbonyl (C=O) groups is 2. The number of benzene rings is 2. The van der Waals surface area contributed by atoms with Crippen molar-refractivity contribution >= 4 is 23.4 Å². The van der Waals surface area contributed by atoms with E-state index in [0.29, 0.717) is 25.8 Å². The summed E-state index contributed by atoms with van der Waals surface area (Å²) in [5.74, 6) is -3.74. The molecule has 2 aromatic carbocycles. The maximum atomic E-state index is 14.6. The second-order valence-corrected chi connectivity index (χ2v) is 7.85. The van der Waals surface area contributed by atoms with E-state index >= 15 is 0 Å². The molecule has 1 heterocycles. The van der Waals surface area contributed by atoms with Crippen molar-refractivity contribution in [3.8, 4) is 0 Å². The molecule has 3 rings (SSSR count). The van der Waals surface area contributed by atoms with Crippen molar-refractivity contribution in [1.82, 2.24) is 15.5 Å². The molecule has 32 heavy (non-hydrogen) atoms. The Bertz CT molecular complexity index is 972. The summed E-state index contributed by atoms with van der Waals surface area (Å²) in [5, 5.41) is 5.19. The number of amides is 2. The molecule has 1 aliphatic heterocycles. The molecule has 10 heteroatoms. The SMILES string of the molecule is CC1CN(C(CNC(=O)CNC(=O)c2ccc(F)cc2F)c2c(F)cccc2Cl)CCO1. The van der Waals surface area contributed by atoms with Gasteiger partial charge < -0.3 is 15.4 Å². The monoisotopic (exact) mass is 469 g/mol. The predicted molar refractivity (Wildman–Crippen MR) is 113 cm³/mol. The molecule has 2 N–H and O–H groups in total. The zero-order valence-electron chi connectivity index (χ0n) is 17.3. The Balaban J connectivity index is 1.65. The van der Waals surface area contributed by atoms with Gasteiger partial charge in [0.25, 0.3) is 5.91 Å². The van der Waals surface area contributed by atoms with Crippen molar-refractivity contribution in [3.05, 3.63) is 70.0 Å². The summed E-state index contributed by atoms with van der Waals surface area (Å²) in [6.45, 7) is 2.99. The number of morpholine rings is 1. The van der Waals surface area contributed by atoms with Crippen LogP contribution in [0.3, 0.4) is 0 Å². The van der Waals surface area contributed by atoms with Crippen LogP contribution in [0.2, 0.25) is 5.02 Å². The third-order valence-electron chi connectivity index (χ3n) is 5.12. The Morgan fingerprint density at radius 1 is 1.19 bits per heavy atom. The summed E-state index contributed by atoms with van der Waals surface area (Å²) in [4.78, 5) is 26.4. The fourth-order valence-electron chi connectivity index (χ4n) is 3.57. The van der Waals surface area contributed by atoms with Crippen molar-refractivity contribution in [1.29, 1.82) is 0 Å². The lowest BCUT2D eigenvalue weighted by Crippen LogP contribution is -2.48. The molecule has 0 spiro atoms. The third-order valence-corrected chi connectivity index (χ3v) is 5.45. The van der Waals surface area contributed by atoms with Crippen LogP contribution >= 0.6 is 11.6 Å². The number of carbonyl (C=O) groups excluding carboxylic acids is 2. The van der Waals surface area contributed by atoms with Crippen LogP contribution in [-0.2, 0) is 9.53 Å². The van der Waals surface area contributed by atoms with Gasteiger partial charge in [0, 0.05) is 36.3 Å². The summed E-state index contributed by atoms with van der Waals surface area (Å²) in [6.07, 6.45) is -0.0719. The van der Waals surface area contributed by atoms with Crippen molar-refractivity contribution in [2.75, 3.05) is 32.8 Å². The van der Waals surface area contributed by atoms with E-state index in [9.17, 15) is 22.8 Å². The van der Waals surface area contributed by atoms with E-state index in [0.717, 1.165) is 12.1 Å². The molecule has 0 saturated carbocycles. The van der Waals surface area contributed by atoms with Crippen LogP contribution in [0, 0.1) is 17.5 Å². The Morgan fingerprint density at radius 3 is 2.66 bits per heavy atom. The number of nitrogens with zero attached hydrogens (tertiary/aromatic N) is 1. The molecule has 0 radical (unpaired) electrons. The van der Waals surface area contributed by atoms with Gasteiger partial charge in [0.2, 0.25) is 5.91 Å². The molecule has 2 aromatic rings. The Kier molecular flexibility index (Phi) is 8.11. The zero-order chi connectivity index (χ0) is 23.3. The van der Waals surface area contributed by atoms with Gasteiger partial charge in [-0.15, -0.1) is 0 Å². The number of nitrogens with one attached hydrogen (secondary N) is 2. The topological polar surface area (TPSA) is 70.7 Å². The molecule has 1 saturated heterocycles. The first kappa shape index (κ1) is 24.0. The van der Waals surface area contributed by atoms with Gasteiger partial charge in [-0.25, -0.2) is 13.2 Å². The van der Waals surface area contributed by atoms with E-state index < -0.39 is 41.9 Å². The second kappa shape index (κ2) is 10.8. The minimum absolute atomic E-state index is 0.0347. The first-order chi connectivity index (χ1) is 15.3. The molecule has 0 bridgehead atoms. The van der Waals surface area contributed by atoms with Crippen LogP contribution in [0.4, 0.5) is 13.2 Å². The van der Waals surface area contributed by atoms with Gasteiger partial charge in [-0.3, -0.25) is 14.5 Å². The Morgan fingerprint density at radius 2 is 1.97 bits per heavy atom. The van der Waals surface area contributed by atoms with Crippen molar-refractivity contribution in [3.63, 3.8) is 0 Å². The highest BCUT2D eigenvalue weighted by atomic mass is 35.5. The average Bonchev–Trinajstić information content (AvgIpc) is 2.74. The normalized spacial score (nSPS) is 17.6. The smallest absolute Gasteiger partial charge is 0.254 e. The lowest BCUT2D eigenvalue weighted by molar-refractivity contribution is -0.120. The molecule has 0 aliphatic carbocycles. The number of hydrogen-bond acceptors (Lipinski definition) is 4. The zero-order valence-corrected chi connectivity index (χ0v) is 18.1. The van der Waals surface area contributed by atoms with Gasteiger partial charge in [-0.1, -0.05) is 17.7 Å². The van der Waals surface area contributed by atoms with Gasteiger partial charge >= 0.3 is 0 Å². The van der Waals surface area contributed by atoms with Crippen LogP contribution in [0.1, 0.15) is 28.9 Å². The van der Waals surface area contributed by atoms with Gasteiger partial charge in [0.05, 0.1) is 30.9 Å². The number of halogens is 4. The minimum Gasteiger partial charge on any atom is -0.376 e. The Hall–Kier alpha value is -2.62. The van der Waals surface area contributed by atoms with Gasteiger partial charge in [0.15, 0.2) is 0 Å². The molecule has 2 unspecified atom stereocenters. The summed E-state index contributed by atoms with van der Waals surface area (Å²) in [7, 11) is 0. The van der Waals surface area contributed by atoms with E-state index in [2.05, 4.69) is 10.6 Å². The quantitative estimate of drug-likeness (QED) is 0.654. The van der Waals surface area contributed by atoms with Gasteiger partial charge in [-0.05, 0) is 31.2 Å². The molecule has 6 nitrogen and oxygen atoms in total. The van der Waals surface area contributed by atoms with Crippen molar-refractivity contribution in [2.24, 2.45) is 0 Å². The van der Waals surface area contributed by atoms with Gasteiger partial charge in [0.1, 0.15) is 17.5 Å². The first-order valence-corrected chi connectivity index (χ1v) is 10.4. The number of hydrogen-bond donors (Lipinski definition) is 2. The molecule has 0 aromatic heterocycles. The lowest BCUT2D eigenvalue weighted by atomic mass is 10.0. The first-order valence-electron chi connectivity index (χ1n) is 10.1. The third kappa shape index (κ3) is 5.99. The van der Waals surface area contributed by atoms with Crippen LogP contribution in [0.25, 0.3) is 0 Å². The van der Waals surface area contributed by atoms with E-state index in [1.807, 2.05) is 11.8 Å². The van der Waals surface area contributed by atoms with E-state index in [-0.39, 0.29) is 28.8 Å². The van der Waals surface area contributed by atoms with Crippen LogP contribution in [-0.4, -0.2) is 55.6 Å². The average molecular weight is 470 g/mol. The van der Waals surface area contributed by atoms with Crippen LogP contribution in [0.15, 0.2) is 36.4 Å². The highest BCUT2D eigenvalue weighted by Crippen LogP contribution is 2.31. The number of rotatable bonds is 7. The molecular formula is C22H23ClF3N3O3. The summed E-state index contributed by atoms with van der Waals surface area (Å²) in [5.41, 5.74) is -0.112. The second-order valence-electron chi connectivity index (χ2n) is 7.44. The minimum atomic E-state index is -1.03. The van der Waals surface area contributed by atoms with E-state index in [4.69, 9.17) is 16.3 Å². The lowest BCUT2D eigenvalue weighted by Gasteiger charge is -2.38. The molecule has 2 atom stereocenters. The predicted octanol–water partition coefficient (Wildman–Crippen LogP) is 3.07. The van der Waals surface area contributed by atoms with Crippen LogP contribution in [0.5, 0.6) is 0 Å². The van der Waals surface area contributed by atoms with Crippen LogP contribution < -0.4 is 10.6 Å². The highest BCUT2D eigenvalue weighted by molar-refractivity contribution is 6.31. The molecule has 1 fully saturated rings. The summed E-state index contributed by atoms with van der Waals surface area (Å²) >= 11 is 6.26. The van der Waals surface area contributed by atoms with Crippen molar-refractivity contribution < 1.29 is 27.5 Å². The molecular weight excluding hydrogens is 447 g/mol. The Labute approximate surface area is 188 Å². The summed E-state index contributed by atoms with van der Waals surface area (Å²) < 4.78 is 46.9. The molecule has 2 amide bonds. The fraction of sp³-hybridized carbons (Fsp3) is 0.364. The van der Waals surface area contributed by atoms with E-state index in [1.165, 1.54) is 12.1 Å².